The second-order valence-corrected chi connectivity index (χ2v) is 7.59. The van der Waals surface area contributed by atoms with Crippen LogP contribution < -0.4 is 5.73 Å². The van der Waals surface area contributed by atoms with Gasteiger partial charge in [0, 0.05) is 10.3 Å². The highest BCUT2D eigenvalue weighted by Crippen LogP contribution is 2.32. The Kier molecular flexibility index (Phi) is 4.15. The number of nitrogens with zero attached hydrogens (tertiary/aromatic N) is 3. The summed E-state index contributed by atoms with van der Waals surface area (Å²) in [5.74, 6) is -0.287. The lowest BCUT2D eigenvalue weighted by atomic mass is 10.1. The lowest BCUT2D eigenvalue weighted by Crippen LogP contribution is -2.04. The number of hydrogen-bond acceptors (Lipinski definition) is 4. The number of hydrogen-bond donors (Lipinski definition) is 1. The largest absolute Gasteiger partial charge is 0.330 e. The van der Waals surface area contributed by atoms with Gasteiger partial charge in [-0.1, -0.05) is 18.2 Å². The molecule has 4 nitrogen and oxygen atoms in total. The molecule has 138 valence electrons. The van der Waals surface area contributed by atoms with Crippen LogP contribution in [0, 0.1) is 5.82 Å². The minimum atomic E-state index is -0.287. The number of benzene rings is 2. The van der Waals surface area contributed by atoms with Crippen LogP contribution in [0.5, 0.6) is 0 Å². The van der Waals surface area contributed by atoms with Gasteiger partial charge in [-0.25, -0.2) is 9.37 Å². The molecule has 2 aromatic carbocycles. The molecule has 0 amide bonds. The van der Waals surface area contributed by atoms with E-state index in [-0.39, 0.29) is 5.82 Å². The van der Waals surface area contributed by atoms with E-state index in [2.05, 4.69) is 33.5 Å². The van der Waals surface area contributed by atoms with Crippen LogP contribution in [-0.2, 0) is 6.42 Å². The highest BCUT2D eigenvalue weighted by Gasteiger charge is 2.14. The van der Waals surface area contributed by atoms with Gasteiger partial charge in [0.1, 0.15) is 17.7 Å². The highest BCUT2D eigenvalue weighted by molar-refractivity contribution is 7.13. The first-order valence-electron chi connectivity index (χ1n) is 9.03. The summed E-state index contributed by atoms with van der Waals surface area (Å²) < 4.78 is 16.7. The van der Waals surface area contributed by atoms with E-state index in [0.29, 0.717) is 18.7 Å². The van der Waals surface area contributed by atoms with Gasteiger partial charge < -0.3 is 5.73 Å². The normalized spacial score (nSPS) is 11.5. The summed E-state index contributed by atoms with van der Waals surface area (Å²) >= 11 is 1.69. The molecule has 0 aliphatic rings. The first-order chi connectivity index (χ1) is 13.7. The molecule has 2 N–H and O–H groups in total. The average molecular weight is 388 g/mol. The molecule has 0 bridgehead atoms. The molecule has 0 fully saturated rings. The summed E-state index contributed by atoms with van der Waals surface area (Å²) in [6, 6.07) is 15.5. The third kappa shape index (κ3) is 2.78. The Morgan fingerprint density at radius 2 is 1.96 bits per heavy atom. The first kappa shape index (κ1) is 17.0. The van der Waals surface area contributed by atoms with Crippen LogP contribution in [0.4, 0.5) is 4.39 Å². The van der Waals surface area contributed by atoms with Crippen molar-refractivity contribution < 1.29 is 4.39 Å². The van der Waals surface area contributed by atoms with Crippen molar-refractivity contribution in [3.8, 4) is 16.1 Å². The topological polar surface area (TPSA) is 56.7 Å². The zero-order chi connectivity index (χ0) is 19.1. The van der Waals surface area contributed by atoms with E-state index in [0.717, 1.165) is 33.1 Å². The fourth-order valence-corrected chi connectivity index (χ4v) is 4.26. The molecule has 0 aliphatic heterocycles. The van der Waals surface area contributed by atoms with Crippen LogP contribution in [0.15, 0.2) is 66.4 Å². The van der Waals surface area contributed by atoms with E-state index >= 15 is 0 Å². The van der Waals surface area contributed by atoms with Gasteiger partial charge in [0.05, 0.1) is 22.9 Å². The Labute approximate surface area is 165 Å². The van der Waals surface area contributed by atoms with E-state index in [4.69, 9.17) is 5.73 Å². The quantitative estimate of drug-likeness (QED) is 0.474. The maximum absolute atomic E-state index is 14.9. The molecule has 0 saturated heterocycles. The van der Waals surface area contributed by atoms with Crippen molar-refractivity contribution in [2.45, 2.75) is 6.42 Å². The number of aromatic nitrogens is 3. The van der Waals surface area contributed by atoms with Crippen LogP contribution in [0.2, 0.25) is 0 Å². The Hall–Kier alpha value is -3.09. The standard InChI is InChI=1S/C22H17FN4S/c23-17-10-14(7-8-24)3-6-20(17)27-13-26-19-12-25-18-5-4-15(11-16(18)22(19)27)21-2-1-9-28-21/h1-6,9-13H,7-8,24H2. The summed E-state index contributed by atoms with van der Waals surface area (Å²) in [5, 5.41) is 3.01. The molecule has 0 atom stereocenters. The van der Waals surface area contributed by atoms with E-state index in [1.165, 1.54) is 4.88 Å². The average Bonchev–Trinajstić information content (AvgIpc) is 3.38. The van der Waals surface area contributed by atoms with Crippen molar-refractivity contribution in [1.82, 2.24) is 14.5 Å². The SMILES string of the molecule is NCCc1ccc(-n2cnc3cnc4ccc(-c5cccs5)cc4c32)c(F)c1. The third-order valence-corrected chi connectivity index (χ3v) is 5.80. The molecule has 5 aromatic rings. The fraction of sp³-hybridized carbons (Fsp3) is 0.0909. The van der Waals surface area contributed by atoms with Gasteiger partial charge in [0.15, 0.2) is 0 Å². The molecule has 5 rings (SSSR count). The molecule has 0 spiro atoms. The minimum Gasteiger partial charge on any atom is -0.330 e. The predicted molar refractivity (Wildman–Crippen MR) is 112 cm³/mol. The third-order valence-electron chi connectivity index (χ3n) is 4.88. The van der Waals surface area contributed by atoms with Crippen LogP contribution in [0.1, 0.15) is 5.56 Å². The molecule has 3 aromatic heterocycles. The molecule has 0 aliphatic carbocycles. The van der Waals surface area contributed by atoms with Crippen LogP contribution in [0.25, 0.3) is 38.1 Å². The Morgan fingerprint density at radius 3 is 2.75 bits per heavy atom. The van der Waals surface area contributed by atoms with Gasteiger partial charge in [0.2, 0.25) is 0 Å². The molecule has 28 heavy (non-hydrogen) atoms. The van der Waals surface area contributed by atoms with Crippen molar-refractivity contribution in [1.29, 1.82) is 0 Å². The van der Waals surface area contributed by atoms with Crippen molar-refractivity contribution in [3.05, 3.63) is 77.8 Å². The summed E-state index contributed by atoms with van der Waals surface area (Å²) in [4.78, 5) is 10.2. The van der Waals surface area contributed by atoms with Gasteiger partial charge >= 0.3 is 0 Å². The molecule has 0 radical (unpaired) electrons. The van der Waals surface area contributed by atoms with Gasteiger partial charge in [0.25, 0.3) is 0 Å². The maximum Gasteiger partial charge on any atom is 0.147 e. The fourth-order valence-electron chi connectivity index (χ4n) is 3.54. The van der Waals surface area contributed by atoms with E-state index in [1.54, 1.807) is 40.6 Å². The van der Waals surface area contributed by atoms with Crippen LogP contribution in [-0.4, -0.2) is 21.1 Å². The number of rotatable bonds is 4. The Morgan fingerprint density at radius 1 is 1.04 bits per heavy atom. The van der Waals surface area contributed by atoms with Gasteiger partial charge in [-0.2, -0.15) is 0 Å². The molecular formula is C22H17FN4S. The van der Waals surface area contributed by atoms with Crippen molar-refractivity contribution in [2.75, 3.05) is 6.54 Å². The number of thiophene rings is 1. The second-order valence-electron chi connectivity index (χ2n) is 6.64. The number of halogens is 1. The minimum absolute atomic E-state index is 0.287. The molecular weight excluding hydrogens is 371 g/mol. The summed E-state index contributed by atoms with van der Waals surface area (Å²) in [5.41, 5.74) is 10.5. The number of nitrogens with two attached hydrogens (primary N) is 1. The Balaban J connectivity index is 1.75. The smallest absolute Gasteiger partial charge is 0.147 e. The molecule has 3 heterocycles. The van der Waals surface area contributed by atoms with Crippen molar-refractivity contribution >= 4 is 33.3 Å². The van der Waals surface area contributed by atoms with E-state index in [9.17, 15) is 4.39 Å². The summed E-state index contributed by atoms with van der Waals surface area (Å²) in [6.07, 6.45) is 4.04. The van der Waals surface area contributed by atoms with E-state index < -0.39 is 0 Å². The number of imidazole rings is 1. The molecule has 0 unspecified atom stereocenters. The summed E-state index contributed by atoms with van der Waals surface area (Å²) in [6.45, 7) is 0.495. The summed E-state index contributed by atoms with van der Waals surface area (Å²) in [7, 11) is 0. The molecule has 0 saturated carbocycles. The van der Waals surface area contributed by atoms with Crippen LogP contribution in [0.3, 0.4) is 0 Å². The number of fused-ring (bicyclic) bond motifs is 3. The zero-order valence-electron chi connectivity index (χ0n) is 15.0. The van der Waals surface area contributed by atoms with Gasteiger partial charge in [-0.15, -0.1) is 11.3 Å². The Bertz CT molecular complexity index is 1290. The van der Waals surface area contributed by atoms with Gasteiger partial charge in [-0.05, 0) is 59.8 Å². The predicted octanol–water partition coefficient (Wildman–Crippen LogP) is 4.94. The highest BCUT2D eigenvalue weighted by atomic mass is 32.1. The zero-order valence-corrected chi connectivity index (χ0v) is 15.8. The lowest BCUT2D eigenvalue weighted by molar-refractivity contribution is 0.617. The maximum atomic E-state index is 14.9. The van der Waals surface area contributed by atoms with Crippen LogP contribution >= 0.6 is 11.3 Å². The number of pyridine rings is 1. The van der Waals surface area contributed by atoms with Crippen molar-refractivity contribution in [2.24, 2.45) is 5.73 Å². The monoisotopic (exact) mass is 388 g/mol. The second kappa shape index (κ2) is 6.82. The van der Waals surface area contributed by atoms with E-state index in [1.807, 2.05) is 18.2 Å². The molecule has 6 heteroatoms. The first-order valence-corrected chi connectivity index (χ1v) is 9.91. The van der Waals surface area contributed by atoms with Gasteiger partial charge in [-0.3, -0.25) is 9.55 Å². The van der Waals surface area contributed by atoms with Crippen molar-refractivity contribution in [3.63, 3.8) is 0 Å². The lowest BCUT2D eigenvalue weighted by Gasteiger charge is -2.10.